The van der Waals surface area contributed by atoms with Gasteiger partial charge in [0, 0.05) is 30.7 Å². The molecule has 0 radical (unpaired) electrons. The van der Waals surface area contributed by atoms with Crippen LogP contribution in [0, 0.1) is 11.8 Å². The Balaban J connectivity index is 1.46. The number of likely N-dealkylation sites (tertiary alicyclic amines) is 1. The summed E-state index contributed by atoms with van der Waals surface area (Å²) >= 11 is 1.69. The molecule has 2 aliphatic heterocycles. The number of thioether (sulfide) groups is 1. The van der Waals surface area contributed by atoms with Gasteiger partial charge < -0.3 is 15.5 Å². The highest BCUT2D eigenvalue weighted by Crippen LogP contribution is 2.35. The summed E-state index contributed by atoms with van der Waals surface area (Å²) in [6.45, 7) is 1.98. The molecule has 0 bridgehead atoms. The Morgan fingerprint density at radius 2 is 1.88 bits per heavy atom. The van der Waals surface area contributed by atoms with Gasteiger partial charge in [-0.2, -0.15) is 0 Å². The van der Waals surface area contributed by atoms with Gasteiger partial charge in [-0.1, -0.05) is 36.8 Å². The number of nitrogens with zero attached hydrogens (tertiary/aromatic N) is 2. The minimum atomic E-state index is -0.291. The first kappa shape index (κ1) is 17.9. The van der Waals surface area contributed by atoms with Gasteiger partial charge in [-0.05, 0) is 30.9 Å². The molecule has 140 valence electrons. The van der Waals surface area contributed by atoms with E-state index in [0.717, 1.165) is 25.0 Å². The van der Waals surface area contributed by atoms with Crippen molar-refractivity contribution in [2.24, 2.45) is 17.6 Å². The molecule has 0 aromatic heterocycles. The molecule has 2 heterocycles. The second-order valence-corrected chi connectivity index (χ2v) is 8.71. The van der Waals surface area contributed by atoms with Crippen LogP contribution in [-0.2, 0) is 9.59 Å². The average molecular weight is 374 g/mol. The first-order chi connectivity index (χ1) is 12.7. The lowest BCUT2D eigenvalue weighted by molar-refractivity contribution is -0.146. The van der Waals surface area contributed by atoms with E-state index < -0.39 is 0 Å². The topological polar surface area (TPSA) is 66.6 Å². The number of carbonyl (C=O) groups is 2. The van der Waals surface area contributed by atoms with Crippen molar-refractivity contribution in [3.05, 3.63) is 35.9 Å². The van der Waals surface area contributed by atoms with E-state index >= 15 is 0 Å². The monoisotopic (exact) mass is 373 g/mol. The summed E-state index contributed by atoms with van der Waals surface area (Å²) in [4.78, 5) is 29.7. The van der Waals surface area contributed by atoms with Crippen molar-refractivity contribution in [1.29, 1.82) is 0 Å². The van der Waals surface area contributed by atoms with Crippen LogP contribution in [0.4, 0.5) is 0 Å². The van der Waals surface area contributed by atoms with Crippen molar-refractivity contribution in [2.75, 3.05) is 31.3 Å². The number of carbonyl (C=O) groups excluding carboxylic acids is 2. The number of hydrogen-bond acceptors (Lipinski definition) is 4. The van der Waals surface area contributed by atoms with E-state index in [9.17, 15) is 9.59 Å². The normalized spacial score (nSPS) is 29.0. The standard InChI is InChI=1S/C20H27N3O2S/c21-9-16-10-22(11-17(16)14-5-2-1-3-6-14)20(25)18-12-26-13-23(18)19(24)15-7-4-8-15/h1-3,5-6,15-18H,4,7-13,21H2/t16-,17+,18?/m1/s1. The van der Waals surface area contributed by atoms with Crippen molar-refractivity contribution in [2.45, 2.75) is 31.2 Å². The van der Waals surface area contributed by atoms with Gasteiger partial charge in [-0.3, -0.25) is 9.59 Å². The van der Waals surface area contributed by atoms with E-state index in [-0.39, 0.29) is 35.6 Å². The fraction of sp³-hybridized carbons (Fsp3) is 0.600. The Kier molecular flexibility index (Phi) is 5.23. The van der Waals surface area contributed by atoms with Crippen LogP contribution in [0.1, 0.15) is 30.7 Å². The summed E-state index contributed by atoms with van der Waals surface area (Å²) < 4.78 is 0. The molecule has 6 heteroatoms. The van der Waals surface area contributed by atoms with Crippen molar-refractivity contribution in [3.8, 4) is 0 Å². The highest BCUT2D eigenvalue weighted by molar-refractivity contribution is 7.99. The summed E-state index contributed by atoms with van der Waals surface area (Å²) in [7, 11) is 0. The lowest BCUT2D eigenvalue weighted by atomic mass is 9.84. The molecule has 1 aromatic carbocycles. The third-order valence-corrected chi connectivity index (χ3v) is 7.20. The Labute approximate surface area is 159 Å². The van der Waals surface area contributed by atoms with E-state index in [2.05, 4.69) is 12.1 Å². The molecule has 3 atom stereocenters. The highest BCUT2D eigenvalue weighted by atomic mass is 32.2. The largest absolute Gasteiger partial charge is 0.340 e. The quantitative estimate of drug-likeness (QED) is 0.875. The molecule has 0 spiro atoms. The van der Waals surface area contributed by atoms with Gasteiger partial charge in [0.2, 0.25) is 11.8 Å². The van der Waals surface area contributed by atoms with Crippen molar-refractivity contribution in [3.63, 3.8) is 0 Å². The summed E-state index contributed by atoms with van der Waals surface area (Å²) in [6.07, 6.45) is 3.10. The van der Waals surface area contributed by atoms with Crippen LogP contribution in [0.25, 0.3) is 0 Å². The molecule has 2 amide bonds. The van der Waals surface area contributed by atoms with Crippen molar-refractivity contribution in [1.82, 2.24) is 9.80 Å². The van der Waals surface area contributed by atoms with Crippen LogP contribution in [0.3, 0.4) is 0 Å². The lowest BCUT2D eigenvalue weighted by Crippen LogP contribution is -2.50. The molecule has 1 unspecified atom stereocenters. The van der Waals surface area contributed by atoms with Crippen LogP contribution in [0.2, 0.25) is 0 Å². The molecule has 1 aromatic rings. The van der Waals surface area contributed by atoms with Gasteiger partial charge >= 0.3 is 0 Å². The highest BCUT2D eigenvalue weighted by Gasteiger charge is 2.43. The zero-order chi connectivity index (χ0) is 18.1. The fourth-order valence-electron chi connectivity index (χ4n) is 4.33. The molecule has 2 saturated heterocycles. The van der Waals surface area contributed by atoms with E-state index in [1.54, 1.807) is 11.8 Å². The number of amides is 2. The first-order valence-corrected chi connectivity index (χ1v) is 10.8. The molecule has 1 saturated carbocycles. The number of hydrogen-bond donors (Lipinski definition) is 1. The molecule has 5 nitrogen and oxygen atoms in total. The molecule has 3 fully saturated rings. The van der Waals surface area contributed by atoms with E-state index in [4.69, 9.17) is 5.73 Å². The zero-order valence-corrected chi connectivity index (χ0v) is 15.9. The van der Waals surface area contributed by atoms with Gasteiger partial charge in [0.15, 0.2) is 0 Å². The van der Waals surface area contributed by atoms with Gasteiger partial charge in [0.1, 0.15) is 6.04 Å². The maximum Gasteiger partial charge on any atom is 0.246 e. The van der Waals surface area contributed by atoms with Gasteiger partial charge in [-0.25, -0.2) is 0 Å². The summed E-state index contributed by atoms with van der Waals surface area (Å²) in [5.41, 5.74) is 7.26. The van der Waals surface area contributed by atoms with Crippen LogP contribution in [0.15, 0.2) is 30.3 Å². The van der Waals surface area contributed by atoms with E-state index in [0.29, 0.717) is 25.5 Å². The molecule has 3 aliphatic rings. The Hall–Kier alpha value is -1.53. The number of benzene rings is 1. The van der Waals surface area contributed by atoms with E-state index in [1.165, 1.54) is 5.56 Å². The average Bonchev–Trinajstić information content (AvgIpc) is 3.27. The zero-order valence-electron chi connectivity index (χ0n) is 15.0. The van der Waals surface area contributed by atoms with E-state index in [1.807, 2.05) is 28.0 Å². The van der Waals surface area contributed by atoms with Crippen molar-refractivity contribution >= 4 is 23.6 Å². The Morgan fingerprint density at radius 3 is 2.54 bits per heavy atom. The van der Waals surface area contributed by atoms with Gasteiger partial charge in [0.05, 0.1) is 5.88 Å². The Morgan fingerprint density at radius 1 is 1.12 bits per heavy atom. The molecule has 4 rings (SSSR count). The molecule has 1 aliphatic carbocycles. The lowest BCUT2D eigenvalue weighted by Gasteiger charge is -2.33. The molecular weight excluding hydrogens is 346 g/mol. The minimum absolute atomic E-state index is 0.111. The summed E-state index contributed by atoms with van der Waals surface area (Å²) in [6, 6.07) is 10.1. The first-order valence-electron chi connectivity index (χ1n) is 9.61. The van der Waals surface area contributed by atoms with Crippen LogP contribution in [-0.4, -0.2) is 58.9 Å². The fourth-order valence-corrected chi connectivity index (χ4v) is 5.49. The molecule has 2 N–H and O–H groups in total. The van der Waals surface area contributed by atoms with Crippen molar-refractivity contribution < 1.29 is 9.59 Å². The van der Waals surface area contributed by atoms with Crippen LogP contribution in [0.5, 0.6) is 0 Å². The van der Waals surface area contributed by atoms with Crippen LogP contribution < -0.4 is 5.73 Å². The molecule has 26 heavy (non-hydrogen) atoms. The third-order valence-electron chi connectivity index (χ3n) is 6.19. The maximum absolute atomic E-state index is 13.2. The maximum atomic E-state index is 13.2. The minimum Gasteiger partial charge on any atom is -0.340 e. The second-order valence-electron chi connectivity index (χ2n) is 7.71. The SMILES string of the molecule is NC[C@@H]1CN(C(=O)C2CSCN2C(=O)C2CCC2)C[C@H]1c1ccccc1. The predicted octanol–water partition coefficient (Wildman–Crippen LogP) is 1.89. The Bertz CT molecular complexity index is 664. The number of nitrogens with two attached hydrogens (primary N) is 1. The van der Waals surface area contributed by atoms with Crippen LogP contribution >= 0.6 is 11.8 Å². The smallest absolute Gasteiger partial charge is 0.246 e. The van der Waals surface area contributed by atoms with Gasteiger partial charge in [0.25, 0.3) is 0 Å². The predicted molar refractivity (Wildman–Crippen MR) is 104 cm³/mol. The summed E-state index contributed by atoms with van der Waals surface area (Å²) in [5.74, 6) is 2.39. The summed E-state index contributed by atoms with van der Waals surface area (Å²) in [5, 5.41) is 0. The number of rotatable bonds is 4. The third kappa shape index (κ3) is 3.25. The second kappa shape index (κ2) is 7.61. The van der Waals surface area contributed by atoms with Gasteiger partial charge in [-0.15, -0.1) is 11.8 Å². The molecular formula is C20H27N3O2S.